The minimum absolute atomic E-state index is 0.0600. The van der Waals surface area contributed by atoms with Crippen molar-refractivity contribution in [1.82, 2.24) is 19.5 Å². The van der Waals surface area contributed by atoms with E-state index in [0.717, 1.165) is 0 Å². The quantitative estimate of drug-likeness (QED) is 0.497. The number of H-pyrrole nitrogens is 1. The van der Waals surface area contributed by atoms with E-state index in [2.05, 4.69) is 15.0 Å². The molecule has 1 aliphatic heterocycles. The third-order valence-electron chi connectivity index (χ3n) is 4.43. The highest BCUT2D eigenvalue weighted by atomic mass is 35.5. The van der Waals surface area contributed by atoms with Crippen LogP contribution in [-0.2, 0) is 4.74 Å². The van der Waals surface area contributed by atoms with E-state index < -0.39 is 34.5 Å². The molecule has 118 valence electrons. The first kappa shape index (κ1) is 13.9. The van der Waals surface area contributed by atoms with Gasteiger partial charge in [0.25, 0.3) is 5.56 Å². The molecule has 0 amide bonds. The maximum atomic E-state index is 11.8. The molecule has 5 N–H and O–H groups in total. The smallest absolute Gasteiger partial charge is 0.280 e. The number of fused-ring (bicyclic) bond motifs is 1. The number of aliphatic hydroxyl groups is 2. The first-order valence-corrected chi connectivity index (χ1v) is 7.10. The lowest BCUT2D eigenvalue weighted by Crippen LogP contribution is -2.40. The maximum Gasteiger partial charge on any atom is 0.280 e. The Morgan fingerprint density at radius 3 is 2.86 bits per heavy atom. The Bertz CT molecular complexity index is 833. The molecular formula is C12H14ClN5O4. The van der Waals surface area contributed by atoms with Crippen molar-refractivity contribution in [2.45, 2.75) is 42.3 Å². The van der Waals surface area contributed by atoms with Gasteiger partial charge in [0.15, 0.2) is 17.4 Å². The molecular weight excluding hydrogens is 314 g/mol. The fraction of sp³-hybridized carbons (Fsp3) is 0.583. The highest BCUT2D eigenvalue weighted by Crippen LogP contribution is 2.59. The Hall–Kier alpha value is -1.68. The van der Waals surface area contributed by atoms with Crippen LogP contribution in [0, 0.1) is 0 Å². The molecule has 9 nitrogen and oxygen atoms in total. The third-order valence-corrected chi connectivity index (χ3v) is 4.82. The van der Waals surface area contributed by atoms with Gasteiger partial charge in [-0.15, -0.1) is 11.6 Å². The molecule has 22 heavy (non-hydrogen) atoms. The molecule has 2 aromatic heterocycles. The van der Waals surface area contributed by atoms with Gasteiger partial charge in [0.1, 0.15) is 16.6 Å². The lowest BCUT2D eigenvalue weighted by atomic mass is 9.99. The number of nitrogens with zero attached hydrogens (tertiary/aromatic N) is 3. The van der Waals surface area contributed by atoms with Crippen molar-refractivity contribution in [2.75, 3.05) is 5.73 Å². The van der Waals surface area contributed by atoms with Gasteiger partial charge in [0.05, 0.1) is 12.4 Å². The van der Waals surface area contributed by atoms with Crippen molar-refractivity contribution in [3.05, 3.63) is 16.7 Å². The summed E-state index contributed by atoms with van der Waals surface area (Å²) in [6, 6.07) is 0. The van der Waals surface area contributed by atoms with Gasteiger partial charge < -0.3 is 20.7 Å². The summed E-state index contributed by atoms with van der Waals surface area (Å²) in [6.45, 7) is 1.60. The van der Waals surface area contributed by atoms with E-state index in [1.807, 2.05) is 0 Å². The summed E-state index contributed by atoms with van der Waals surface area (Å²) >= 11 is 6.47. The van der Waals surface area contributed by atoms with Crippen LogP contribution in [0.2, 0.25) is 0 Å². The van der Waals surface area contributed by atoms with Crippen LogP contribution < -0.4 is 11.3 Å². The van der Waals surface area contributed by atoms with Gasteiger partial charge in [-0.2, -0.15) is 4.98 Å². The molecule has 0 aromatic carbocycles. The van der Waals surface area contributed by atoms with Gasteiger partial charge in [-0.1, -0.05) is 0 Å². The maximum absolute atomic E-state index is 11.8. The number of ether oxygens (including phenoxy) is 1. The third kappa shape index (κ3) is 1.56. The number of aliphatic hydroxyl groups excluding tert-OH is 2. The molecule has 3 heterocycles. The Morgan fingerprint density at radius 2 is 2.27 bits per heavy atom. The van der Waals surface area contributed by atoms with Gasteiger partial charge in [-0.3, -0.25) is 14.3 Å². The van der Waals surface area contributed by atoms with E-state index in [1.54, 1.807) is 6.92 Å². The number of imidazole rings is 1. The van der Waals surface area contributed by atoms with E-state index in [0.29, 0.717) is 6.42 Å². The molecule has 2 unspecified atom stereocenters. The van der Waals surface area contributed by atoms with Gasteiger partial charge in [0.2, 0.25) is 5.95 Å². The summed E-state index contributed by atoms with van der Waals surface area (Å²) < 4.78 is 7.29. The number of aromatic nitrogens is 4. The molecule has 2 aromatic rings. The zero-order valence-corrected chi connectivity index (χ0v) is 12.3. The molecule has 5 atom stereocenters. The second-order valence-corrected chi connectivity index (χ2v) is 6.79. The number of nitrogens with two attached hydrogens (primary N) is 1. The second kappa shape index (κ2) is 3.99. The van der Waals surface area contributed by atoms with Gasteiger partial charge >= 0.3 is 0 Å². The van der Waals surface area contributed by atoms with Crippen LogP contribution in [0.15, 0.2) is 11.1 Å². The molecule has 2 aliphatic rings. The van der Waals surface area contributed by atoms with Crippen LogP contribution in [0.25, 0.3) is 11.2 Å². The Balaban J connectivity index is 1.88. The van der Waals surface area contributed by atoms with Crippen molar-refractivity contribution >= 4 is 28.7 Å². The summed E-state index contributed by atoms with van der Waals surface area (Å²) in [7, 11) is 0. The van der Waals surface area contributed by atoms with Crippen molar-refractivity contribution in [2.24, 2.45) is 0 Å². The fourth-order valence-electron chi connectivity index (χ4n) is 3.11. The van der Waals surface area contributed by atoms with E-state index in [-0.39, 0.29) is 17.1 Å². The van der Waals surface area contributed by atoms with Crippen molar-refractivity contribution in [1.29, 1.82) is 0 Å². The van der Waals surface area contributed by atoms with E-state index in [4.69, 9.17) is 22.1 Å². The summed E-state index contributed by atoms with van der Waals surface area (Å²) in [5.74, 6) is -0.0600. The molecule has 2 fully saturated rings. The molecule has 0 radical (unpaired) electrons. The fourth-order valence-corrected chi connectivity index (χ4v) is 3.44. The number of alkyl halides is 1. The molecule has 1 saturated carbocycles. The average Bonchev–Trinajstić information content (AvgIpc) is 2.81. The van der Waals surface area contributed by atoms with E-state index >= 15 is 0 Å². The standard InChI is InChI=1S/C12H14ClN5O4/c1-11(13)8(21)12(2-4(12)19)22-9(11)18-3-15-5-6(18)16-10(14)17-7(5)20/h3-4,8-9,19,21H,2H2,1H3,(H3,14,16,17,20)/t4?,8-,9+,11+,12?/m0/s1. The summed E-state index contributed by atoms with van der Waals surface area (Å²) in [4.78, 5) is 21.0. The monoisotopic (exact) mass is 327 g/mol. The average molecular weight is 328 g/mol. The van der Waals surface area contributed by atoms with Crippen LogP contribution in [-0.4, -0.2) is 52.4 Å². The number of rotatable bonds is 1. The topological polar surface area (TPSA) is 139 Å². The first-order valence-electron chi connectivity index (χ1n) is 6.72. The predicted octanol–water partition coefficient (Wildman–Crippen LogP) is -0.908. The molecule has 1 spiro atoms. The van der Waals surface area contributed by atoms with Crippen molar-refractivity contribution in [3.8, 4) is 0 Å². The molecule has 0 bridgehead atoms. The highest BCUT2D eigenvalue weighted by molar-refractivity contribution is 6.24. The summed E-state index contributed by atoms with van der Waals surface area (Å²) in [6.07, 6.45) is -1.03. The molecule has 1 saturated heterocycles. The second-order valence-electron chi connectivity index (χ2n) is 5.97. The summed E-state index contributed by atoms with van der Waals surface area (Å²) in [5.41, 5.74) is 4.31. The van der Waals surface area contributed by atoms with Crippen molar-refractivity contribution in [3.63, 3.8) is 0 Å². The van der Waals surface area contributed by atoms with Crippen LogP contribution in [0.4, 0.5) is 5.95 Å². The molecule has 4 rings (SSSR count). The largest absolute Gasteiger partial charge is 0.390 e. The number of hydrogen-bond acceptors (Lipinski definition) is 7. The summed E-state index contributed by atoms with van der Waals surface area (Å²) in [5, 5.41) is 20.2. The zero-order chi connectivity index (χ0) is 15.9. The minimum Gasteiger partial charge on any atom is -0.390 e. The predicted molar refractivity (Wildman–Crippen MR) is 76.3 cm³/mol. The zero-order valence-electron chi connectivity index (χ0n) is 11.5. The Kier molecular flexibility index (Phi) is 2.53. The Labute approximate surface area is 128 Å². The lowest BCUT2D eigenvalue weighted by molar-refractivity contribution is -0.0587. The minimum atomic E-state index is -1.22. The van der Waals surface area contributed by atoms with E-state index in [9.17, 15) is 15.0 Å². The number of nitrogens with one attached hydrogen (secondary N) is 1. The van der Waals surface area contributed by atoms with Crippen LogP contribution in [0.1, 0.15) is 19.6 Å². The lowest BCUT2D eigenvalue weighted by Gasteiger charge is -2.26. The van der Waals surface area contributed by atoms with Gasteiger partial charge in [-0.25, -0.2) is 4.98 Å². The van der Waals surface area contributed by atoms with E-state index in [1.165, 1.54) is 10.9 Å². The van der Waals surface area contributed by atoms with Crippen LogP contribution in [0.5, 0.6) is 0 Å². The number of aromatic amines is 1. The van der Waals surface area contributed by atoms with Crippen LogP contribution in [0.3, 0.4) is 0 Å². The molecule has 1 aliphatic carbocycles. The Morgan fingerprint density at radius 1 is 1.59 bits per heavy atom. The van der Waals surface area contributed by atoms with Crippen LogP contribution >= 0.6 is 11.6 Å². The van der Waals surface area contributed by atoms with Gasteiger partial charge in [0, 0.05) is 6.42 Å². The SMILES string of the molecule is C[C@@]1(Cl)[C@H](O)C2(CC2O)O[C@H]1n1cnc2c(=O)[nH]c(N)nc21. The molecule has 10 heteroatoms. The normalized spacial score (nSPS) is 40.6. The first-order chi connectivity index (χ1) is 10.3. The van der Waals surface area contributed by atoms with Gasteiger partial charge in [-0.05, 0) is 6.92 Å². The number of nitrogen functional groups attached to an aromatic ring is 1. The number of halogens is 1. The number of anilines is 1. The van der Waals surface area contributed by atoms with Crippen molar-refractivity contribution < 1.29 is 14.9 Å². The highest BCUT2D eigenvalue weighted by Gasteiger charge is 2.72. The number of hydrogen-bond donors (Lipinski definition) is 4.